The molecule has 0 aliphatic heterocycles. The second kappa shape index (κ2) is 4.67. The third-order valence-corrected chi connectivity index (χ3v) is 4.06. The molecule has 1 aromatic rings. The van der Waals surface area contributed by atoms with Crippen molar-refractivity contribution < 1.29 is 0 Å². The zero-order valence-electron chi connectivity index (χ0n) is 9.39. The van der Waals surface area contributed by atoms with Crippen molar-refractivity contribution in [3.8, 4) is 0 Å². The van der Waals surface area contributed by atoms with Crippen LogP contribution in [0, 0.1) is 12.8 Å². The second-order valence-corrected chi connectivity index (χ2v) is 5.27. The van der Waals surface area contributed by atoms with Crippen molar-refractivity contribution >= 4 is 15.9 Å². The van der Waals surface area contributed by atoms with Gasteiger partial charge in [0.15, 0.2) is 0 Å². The molecule has 0 bridgehead atoms. The van der Waals surface area contributed by atoms with Crippen LogP contribution in [0.3, 0.4) is 0 Å². The normalized spacial score (nSPS) is 24.2. The first kappa shape index (κ1) is 11.2. The molecule has 1 aliphatic carbocycles. The Balaban J connectivity index is 1.98. The van der Waals surface area contributed by atoms with E-state index in [0.717, 1.165) is 18.4 Å². The summed E-state index contributed by atoms with van der Waals surface area (Å²) in [6, 6.07) is 6.77. The molecule has 1 fully saturated rings. The fourth-order valence-corrected chi connectivity index (χ4v) is 2.45. The third-order valence-electron chi connectivity index (χ3n) is 3.20. The maximum atomic E-state index is 3.60. The predicted octanol–water partition coefficient (Wildman–Crippen LogP) is 3.47. The highest BCUT2D eigenvalue weighted by Crippen LogP contribution is 2.47. The minimum Gasteiger partial charge on any atom is -0.317 e. The zero-order valence-corrected chi connectivity index (χ0v) is 11.0. The van der Waals surface area contributed by atoms with Gasteiger partial charge in [-0.15, -0.1) is 0 Å². The maximum Gasteiger partial charge on any atom is 0.0207 e. The highest BCUT2D eigenvalue weighted by atomic mass is 79.9. The van der Waals surface area contributed by atoms with Crippen molar-refractivity contribution in [1.29, 1.82) is 0 Å². The molecule has 82 valence electrons. The van der Waals surface area contributed by atoms with E-state index in [2.05, 4.69) is 53.3 Å². The summed E-state index contributed by atoms with van der Waals surface area (Å²) in [5, 5.41) is 3.42. The molecule has 1 N–H and O–H groups in total. The molecule has 0 saturated heterocycles. The van der Waals surface area contributed by atoms with Crippen molar-refractivity contribution in [3.63, 3.8) is 0 Å². The summed E-state index contributed by atoms with van der Waals surface area (Å²) in [4.78, 5) is 0. The lowest BCUT2D eigenvalue weighted by molar-refractivity contribution is 0.649. The SMILES string of the molecule is CCNCC1CC1c1ccc(C)c(Br)c1. The molecule has 15 heavy (non-hydrogen) atoms. The summed E-state index contributed by atoms with van der Waals surface area (Å²) in [5.74, 6) is 1.65. The quantitative estimate of drug-likeness (QED) is 0.881. The third kappa shape index (κ3) is 2.61. The van der Waals surface area contributed by atoms with Crippen LogP contribution in [0.2, 0.25) is 0 Å². The Bertz CT molecular complexity index is 348. The smallest absolute Gasteiger partial charge is 0.0207 e. The van der Waals surface area contributed by atoms with Gasteiger partial charge in [-0.2, -0.15) is 0 Å². The average molecular weight is 268 g/mol. The number of halogens is 1. The lowest BCUT2D eigenvalue weighted by atomic mass is 10.1. The fraction of sp³-hybridized carbons (Fsp3) is 0.538. The standard InChI is InChI=1S/C13H18BrN/c1-3-15-8-11-6-12(11)10-5-4-9(2)13(14)7-10/h4-5,7,11-12,15H,3,6,8H2,1-2H3. The Labute approximate surface area is 100 Å². The highest BCUT2D eigenvalue weighted by Gasteiger charge is 2.37. The number of hydrogen-bond acceptors (Lipinski definition) is 1. The molecule has 2 unspecified atom stereocenters. The van der Waals surface area contributed by atoms with E-state index in [4.69, 9.17) is 0 Å². The number of hydrogen-bond donors (Lipinski definition) is 1. The molecule has 0 amide bonds. The van der Waals surface area contributed by atoms with Crippen molar-refractivity contribution in [1.82, 2.24) is 5.32 Å². The van der Waals surface area contributed by atoms with Gasteiger partial charge < -0.3 is 5.32 Å². The van der Waals surface area contributed by atoms with Gasteiger partial charge in [0.1, 0.15) is 0 Å². The lowest BCUT2D eigenvalue weighted by Gasteiger charge is -2.04. The minimum atomic E-state index is 0.793. The van der Waals surface area contributed by atoms with Crippen LogP contribution in [-0.2, 0) is 0 Å². The number of rotatable bonds is 4. The van der Waals surface area contributed by atoms with Crippen LogP contribution in [0.25, 0.3) is 0 Å². The number of aryl methyl sites for hydroxylation is 1. The Morgan fingerprint density at radius 2 is 2.27 bits per heavy atom. The average Bonchev–Trinajstić information content (AvgIpc) is 2.98. The Kier molecular flexibility index (Phi) is 3.47. The van der Waals surface area contributed by atoms with Crippen LogP contribution in [-0.4, -0.2) is 13.1 Å². The largest absolute Gasteiger partial charge is 0.317 e. The molecule has 2 heteroatoms. The molecule has 0 radical (unpaired) electrons. The van der Waals surface area contributed by atoms with E-state index in [1.165, 1.54) is 28.6 Å². The minimum absolute atomic E-state index is 0.793. The molecule has 2 atom stereocenters. The summed E-state index contributed by atoms with van der Waals surface area (Å²) in [6.45, 7) is 6.56. The molecule has 1 aliphatic rings. The zero-order chi connectivity index (χ0) is 10.8. The monoisotopic (exact) mass is 267 g/mol. The molecule has 1 aromatic carbocycles. The van der Waals surface area contributed by atoms with Gasteiger partial charge in [-0.05, 0) is 55.5 Å². The Morgan fingerprint density at radius 3 is 2.93 bits per heavy atom. The highest BCUT2D eigenvalue weighted by molar-refractivity contribution is 9.10. The summed E-state index contributed by atoms with van der Waals surface area (Å²) in [6.07, 6.45) is 1.35. The topological polar surface area (TPSA) is 12.0 Å². The Morgan fingerprint density at radius 1 is 1.47 bits per heavy atom. The van der Waals surface area contributed by atoms with E-state index in [0.29, 0.717) is 0 Å². The maximum absolute atomic E-state index is 3.60. The number of nitrogens with one attached hydrogen (secondary N) is 1. The van der Waals surface area contributed by atoms with Gasteiger partial charge in [0.25, 0.3) is 0 Å². The van der Waals surface area contributed by atoms with Gasteiger partial charge in [0.2, 0.25) is 0 Å². The molecule has 2 rings (SSSR count). The first-order chi connectivity index (χ1) is 7.22. The second-order valence-electron chi connectivity index (χ2n) is 4.42. The van der Waals surface area contributed by atoms with Crippen LogP contribution in [0.15, 0.2) is 22.7 Å². The van der Waals surface area contributed by atoms with Crippen molar-refractivity contribution in [3.05, 3.63) is 33.8 Å². The molecular weight excluding hydrogens is 250 g/mol. The van der Waals surface area contributed by atoms with E-state index < -0.39 is 0 Å². The summed E-state index contributed by atoms with van der Waals surface area (Å²) in [7, 11) is 0. The van der Waals surface area contributed by atoms with E-state index in [9.17, 15) is 0 Å². The summed E-state index contributed by atoms with van der Waals surface area (Å²) >= 11 is 3.60. The van der Waals surface area contributed by atoms with Gasteiger partial charge >= 0.3 is 0 Å². The fourth-order valence-electron chi connectivity index (χ4n) is 2.05. The molecule has 0 spiro atoms. The van der Waals surface area contributed by atoms with Crippen molar-refractivity contribution in [2.24, 2.45) is 5.92 Å². The molecular formula is C13H18BrN. The van der Waals surface area contributed by atoms with Crippen LogP contribution in [0.1, 0.15) is 30.4 Å². The van der Waals surface area contributed by atoms with Crippen LogP contribution < -0.4 is 5.32 Å². The van der Waals surface area contributed by atoms with Gasteiger partial charge in [-0.25, -0.2) is 0 Å². The van der Waals surface area contributed by atoms with Crippen LogP contribution in [0.4, 0.5) is 0 Å². The van der Waals surface area contributed by atoms with E-state index in [-0.39, 0.29) is 0 Å². The predicted molar refractivity (Wildman–Crippen MR) is 68.3 cm³/mol. The van der Waals surface area contributed by atoms with Gasteiger partial charge in [0, 0.05) is 4.47 Å². The molecule has 0 heterocycles. The van der Waals surface area contributed by atoms with Gasteiger partial charge in [0.05, 0.1) is 0 Å². The molecule has 1 saturated carbocycles. The number of benzene rings is 1. The van der Waals surface area contributed by atoms with E-state index in [1.807, 2.05) is 0 Å². The van der Waals surface area contributed by atoms with E-state index >= 15 is 0 Å². The lowest BCUT2D eigenvalue weighted by Crippen LogP contribution is -2.16. The summed E-state index contributed by atoms with van der Waals surface area (Å²) < 4.78 is 1.24. The first-order valence-corrected chi connectivity index (χ1v) is 6.48. The Hall–Kier alpha value is -0.340. The van der Waals surface area contributed by atoms with Gasteiger partial charge in [-0.1, -0.05) is 35.0 Å². The van der Waals surface area contributed by atoms with Gasteiger partial charge in [-0.3, -0.25) is 0 Å². The first-order valence-electron chi connectivity index (χ1n) is 5.69. The molecule has 0 aromatic heterocycles. The molecule has 1 nitrogen and oxygen atoms in total. The van der Waals surface area contributed by atoms with E-state index in [1.54, 1.807) is 0 Å². The van der Waals surface area contributed by atoms with Crippen LogP contribution >= 0.6 is 15.9 Å². The van der Waals surface area contributed by atoms with Crippen molar-refractivity contribution in [2.75, 3.05) is 13.1 Å². The van der Waals surface area contributed by atoms with Crippen molar-refractivity contribution in [2.45, 2.75) is 26.2 Å². The summed E-state index contributed by atoms with van der Waals surface area (Å²) in [5.41, 5.74) is 2.82. The van der Waals surface area contributed by atoms with Crippen LogP contribution in [0.5, 0.6) is 0 Å².